The van der Waals surface area contributed by atoms with Crippen molar-refractivity contribution in [3.63, 3.8) is 0 Å². The summed E-state index contributed by atoms with van der Waals surface area (Å²) < 4.78 is 5.38. The lowest BCUT2D eigenvalue weighted by atomic mass is 10.1. The van der Waals surface area contributed by atoms with Crippen molar-refractivity contribution in [1.82, 2.24) is 4.98 Å². The van der Waals surface area contributed by atoms with Crippen molar-refractivity contribution < 1.29 is 14.3 Å². The van der Waals surface area contributed by atoms with Crippen LogP contribution >= 0.6 is 11.6 Å². The highest BCUT2D eigenvalue weighted by Gasteiger charge is 2.44. The number of carbonyl (C=O) groups is 2. The van der Waals surface area contributed by atoms with E-state index < -0.39 is 0 Å². The van der Waals surface area contributed by atoms with Gasteiger partial charge in [0.25, 0.3) is 0 Å². The number of aromatic nitrogens is 1. The summed E-state index contributed by atoms with van der Waals surface area (Å²) in [7, 11) is 0. The Kier molecular flexibility index (Phi) is 5.80. The van der Waals surface area contributed by atoms with E-state index in [1.165, 1.54) is 0 Å². The van der Waals surface area contributed by atoms with Gasteiger partial charge in [0.15, 0.2) is 0 Å². The summed E-state index contributed by atoms with van der Waals surface area (Å²) in [6.45, 7) is 0.236. The molecule has 1 saturated carbocycles. The Hall–Kier alpha value is -3.70. The lowest BCUT2D eigenvalue weighted by Gasteiger charge is -2.09. The van der Waals surface area contributed by atoms with Crippen molar-refractivity contribution >= 4 is 39.9 Å². The van der Waals surface area contributed by atoms with Crippen LogP contribution in [-0.2, 0) is 16.1 Å². The van der Waals surface area contributed by atoms with E-state index in [1.807, 2.05) is 54.6 Å². The van der Waals surface area contributed by atoms with Crippen LogP contribution in [0.5, 0.6) is 0 Å². The van der Waals surface area contributed by atoms with Gasteiger partial charge in [0.05, 0.1) is 16.3 Å². The minimum Gasteiger partial charge on any atom is -0.457 e. The van der Waals surface area contributed by atoms with Crippen LogP contribution in [-0.4, -0.2) is 16.9 Å². The number of fused-ring (bicyclic) bond motifs is 1. The highest BCUT2D eigenvalue weighted by Crippen LogP contribution is 2.48. The van der Waals surface area contributed by atoms with Crippen LogP contribution in [0.15, 0.2) is 85.2 Å². The first-order valence-electron chi connectivity index (χ1n) is 10.7. The number of ether oxygens (including phenoxy) is 1. The first kappa shape index (κ1) is 21.2. The van der Waals surface area contributed by atoms with Gasteiger partial charge in [-0.05, 0) is 59.2 Å². The lowest BCUT2D eigenvalue weighted by Crippen LogP contribution is -2.15. The average molecular weight is 457 g/mol. The maximum atomic E-state index is 12.8. The van der Waals surface area contributed by atoms with E-state index in [2.05, 4.69) is 10.3 Å². The number of hydrogen-bond acceptors (Lipinski definition) is 4. The van der Waals surface area contributed by atoms with Crippen LogP contribution in [0.2, 0.25) is 5.02 Å². The predicted molar refractivity (Wildman–Crippen MR) is 128 cm³/mol. The molecule has 1 aliphatic carbocycles. The van der Waals surface area contributed by atoms with E-state index in [0.29, 0.717) is 16.3 Å². The second-order valence-corrected chi connectivity index (χ2v) is 8.58. The van der Waals surface area contributed by atoms with Crippen molar-refractivity contribution in [1.29, 1.82) is 0 Å². The maximum Gasteiger partial charge on any atom is 0.338 e. The van der Waals surface area contributed by atoms with Crippen molar-refractivity contribution in [2.24, 2.45) is 5.92 Å². The number of anilines is 1. The number of nitrogens with one attached hydrogen (secondary N) is 1. The zero-order valence-corrected chi connectivity index (χ0v) is 18.5. The Morgan fingerprint density at radius 3 is 2.58 bits per heavy atom. The maximum absolute atomic E-state index is 12.8. The molecule has 5 nitrogen and oxygen atoms in total. The molecule has 164 valence electrons. The van der Waals surface area contributed by atoms with Crippen LogP contribution in [0.3, 0.4) is 0 Å². The molecule has 0 saturated heterocycles. The van der Waals surface area contributed by atoms with Crippen LogP contribution in [0.1, 0.15) is 33.8 Å². The number of halogens is 1. The molecule has 3 aromatic carbocycles. The highest BCUT2D eigenvalue weighted by atomic mass is 35.5. The molecule has 0 aliphatic heterocycles. The number of benzene rings is 3. The number of esters is 1. The summed E-state index contributed by atoms with van der Waals surface area (Å²) in [5.41, 5.74) is 3.07. The van der Waals surface area contributed by atoms with Crippen molar-refractivity contribution in [3.05, 3.63) is 107 Å². The molecule has 0 unspecified atom stereocenters. The van der Waals surface area contributed by atoms with Gasteiger partial charge in [-0.1, -0.05) is 54.1 Å². The molecule has 1 amide bonds. The first-order chi connectivity index (χ1) is 16.1. The fourth-order valence-electron chi connectivity index (χ4n) is 3.96. The average Bonchev–Trinajstić information content (AvgIpc) is 3.65. The summed E-state index contributed by atoms with van der Waals surface area (Å²) in [6, 6.07) is 22.4. The molecule has 1 fully saturated rings. The van der Waals surface area contributed by atoms with Gasteiger partial charge in [0, 0.05) is 23.7 Å². The monoisotopic (exact) mass is 456 g/mol. The molecule has 1 aliphatic rings. The molecule has 33 heavy (non-hydrogen) atoms. The predicted octanol–water partition coefficient (Wildman–Crippen LogP) is 5.99. The van der Waals surface area contributed by atoms with Gasteiger partial charge < -0.3 is 10.1 Å². The molecular weight excluding hydrogens is 436 g/mol. The van der Waals surface area contributed by atoms with Crippen LogP contribution in [0.25, 0.3) is 10.8 Å². The van der Waals surface area contributed by atoms with Gasteiger partial charge in [-0.25, -0.2) is 4.79 Å². The third kappa shape index (κ3) is 4.73. The highest BCUT2D eigenvalue weighted by molar-refractivity contribution is 6.34. The third-order valence-corrected chi connectivity index (χ3v) is 6.21. The van der Waals surface area contributed by atoms with Crippen molar-refractivity contribution in [3.8, 4) is 0 Å². The molecule has 1 N–H and O–H groups in total. The molecular formula is C27H21ClN2O3. The van der Waals surface area contributed by atoms with E-state index >= 15 is 0 Å². The molecule has 5 rings (SSSR count). The minimum absolute atomic E-state index is 0.0540. The molecule has 4 aromatic rings. The number of carbonyl (C=O) groups excluding carboxylic acids is 2. The Bertz CT molecular complexity index is 1320. The van der Waals surface area contributed by atoms with E-state index in [4.69, 9.17) is 16.3 Å². The number of pyridine rings is 1. The molecule has 6 heteroatoms. The smallest absolute Gasteiger partial charge is 0.338 e. The fourth-order valence-corrected chi connectivity index (χ4v) is 4.17. The Morgan fingerprint density at radius 1 is 1.00 bits per heavy atom. The van der Waals surface area contributed by atoms with E-state index in [0.717, 1.165) is 28.3 Å². The van der Waals surface area contributed by atoms with Gasteiger partial charge in [-0.2, -0.15) is 0 Å². The molecule has 2 atom stereocenters. The zero-order chi connectivity index (χ0) is 22.8. The number of rotatable bonds is 6. The van der Waals surface area contributed by atoms with Crippen molar-refractivity contribution in [2.45, 2.75) is 18.9 Å². The quantitative estimate of drug-likeness (QED) is 0.362. The normalized spacial score (nSPS) is 16.9. The number of amides is 1. The summed E-state index contributed by atoms with van der Waals surface area (Å²) >= 11 is 6.35. The topological polar surface area (TPSA) is 68.3 Å². The van der Waals surface area contributed by atoms with E-state index in [-0.39, 0.29) is 30.3 Å². The Labute approximate surface area is 196 Å². The molecule has 0 bridgehead atoms. The van der Waals surface area contributed by atoms with Crippen LogP contribution in [0, 0.1) is 5.92 Å². The molecule has 0 radical (unpaired) electrons. The number of hydrogen-bond donors (Lipinski definition) is 1. The molecule has 1 aromatic heterocycles. The van der Waals surface area contributed by atoms with Crippen molar-refractivity contribution in [2.75, 3.05) is 5.32 Å². The van der Waals surface area contributed by atoms with Crippen LogP contribution < -0.4 is 5.32 Å². The fraction of sp³-hybridized carbons (Fsp3) is 0.148. The van der Waals surface area contributed by atoms with Gasteiger partial charge in [-0.3, -0.25) is 9.78 Å². The van der Waals surface area contributed by atoms with E-state index in [1.54, 1.807) is 30.6 Å². The minimum atomic E-state index is -0.364. The van der Waals surface area contributed by atoms with E-state index in [9.17, 15) is 9.59 Å². The zero-order valence-electron chi connectivity index (χ0n) is 17.7. The summed E-state index contributed by atoms with van der Waals surface area (Å²) in [5.74, 6) is -0.411. The summed E-state index contributed by atoms with van der Waals surface area (Å²) in [6.07, 6.45) is 4.21. The van der Waals surface area contributed by atoms with Crippen LogP contribution in [0.4, 0.5) is 5.69 Å². The second kappa shape index (κ2) is 9.04. The Balaban J connectivity index is 1.19. The van der Waals surface area contributed by atoms with Gasteiger partial charge >= 0.3 is 5.97 Å². The third-order valence-electron chi connectivity index (χ3n) is 5.90. The summed E-state index contributed by atoms with van der Waals surface area (Å²) in [4.78, 5) is 29.2. The summed E-state index contributed by atoms with van der Waals surface area (Å²) in [5, 5.41) is 5.33. The van der Waals surface area contributed by atoms with Gasteiger partial charge in [-0.15, -0.1) is 0 Å². The molecule has 0 spiro atoms. The molecule has 1 heterocycles. The largest absolute Gasteiger partial charge is 0.457 e. The SMILES string of the molecule is O=C(OCc1ccccc1)c1ccc([C@@H]2C[C@H]2C(=O)Nc2cc3ccncc3cc2Cl)cc1. The Morgan fingerprint density at radius 2 is 1.79 bits per heavy atom. The van der Waals surface area contributed by atoms with Gasteiger partial charge in [0.1, 0.15) is 6.61 Å². The second-order valence-electron chi connectivity index (χ2n) is 8.18. The lowest BCUT2D eigenvalue weighted by molar-refractivity contribution is -0.117. The van der Waals surface area contributed by atoms with Gasteiger partial charge in [0.2, 0.25) is 5.91 Å². The standard InChI is InChI=1S/C27H21ClN2O3/c28-24-12-21-15-29-11-10-20(21)13-25(24)30-26(31)23-14-22(23)18-6-8-19(9-7-18)27(32)33-16-17-4-2-1-3-5-17/h1-13,15,22-23H,14,16H2,(H,30,31)/t22-,23+/m0/s1. The first-order valence-corrected chi connectivity index (χ1v) is 11.1. The number of nitrogens with zero attached hydrogens (tertiary/aromatic N) is 1.